The van der Waals surface area contributed by atoms with Gasteiger partial charge in [0.15, 0.2) is 0 Å². The predicted molar refractivity (Wildman–Crippen MR) is 70.6 cm³/mol. The minimum Gasteiger partial charge on any atom is -0.393 e. The Bertz CT molecular complexity index is 549. The molecule has 0 spiro atoms. The monoisotopic (exact) mass is 286 g/mol. The summed E-state index contributed by atoms with van der Waals surface area (Å²) in [6.45, 7) is 2.42. The molecule has 1 fully saturated rings. The molecule has 1 saturated heterocycles. The smallest absolute Gasteiger partial charge is 0.246 e. The van der Waals surface area contributed by atoms with E-state index in [1.807, 2.05) is 6.92 Å². The molecule has 4 N–H and O–H groups in total. The highest BCUT2D eigenvalue weighted by atomic mass is 32.2. The van der Waals surface area contributed by atoms with Crippen molar-refractivity contribution < 1.29 is 13.5 Å². The summed E-state index contributed by atoms with van der Waals surface area (Å²) >= 11 is 0. The van der Waals surface area contributed by atoms with Gasteiger partial charge in [0, 0.05) is 25.5 Å². The molecule has 0 saturated carbocycles. The van der Waals surface area contributed by atoms with E-state index in [-0.39, 0.29) is 10.8 Å². The molecule has 8 heteroatoms. The largest absolute Gasteiger partial charge is 0.393 e. The summed E-state index contributed by atoms with van der Waals surface area (Å²) in [6, 6.07) is 1.51. The van der Waals surface area contributed by atoms with Crippen LogP contribution in [0.15, 0.2) is 23.4 Å². The standard InChI is InChI=1S/C11H18N4O3S/c1-8-7-15(5-3-10(8)16)19(17,18)11-6-13-4-2-9(11)14-12/h2,4,6,8,10,16H,3,5,7,12H2,1H3,(H,13,14). The molecular weight excluding hydrogens is 268 g/mol. The van der Waals surface area contributed by atoms with Gasteiger partial charge >= 0.3 is 0 Å². The van der Waals surface area contributed by atoms with Gasteiger partial charge in [-0.15, -0.1) is 0 Å². The molecule has 106 valence electrons. The summed E-state index contributed by atoms with van der Waals surface area (Å²) in [4.78, 5) is 3.89. The van der Waals surface area contributed by atoms with Gasteiger partial charge in [-0.3, -0.25) is 10.8 Å². The fraction of sp³-hybridized carbons (Fsp3) is 0.545. The SMILES string of the molecule is CC1CN(S(=O)(=O)c2cnccc2NN)CCC1O. The molecule has 0 aromatic carbocycles. The number of hydrazine groups is 1. The first-order valence-electron chi connectivity index (χ1n) is 6.05. The van der Waals surface area contributed by atoms with Crippen LogP contribution in [0, 0.1) is 5.92 Å². The summed E-state index contributed by atoms with van der Waals surface area (Å²) < 4.78 is 26.4. The Hall–Kier alpha value is -1.22. The van der Waals surface area contributed by atoms with E-state index in [2.05, 4.69) is 10.4 Å². The summed E-state index contributed by atoms with van der Waals surface area (Å²) in [5.41, 5.74) is 2.68. The molecule has 0 radical (unpaired) electrons. The molecule has 7 nitrogen and oxygen atoms in total. The summed E-state index contributed by atoms with van der Waals surface area (Å²) in [5, 5.41) is 9.67. The zero-order valence-corrected chi connectivity index (χ0v) is 11.5. The number of hydrogen-bond donors (Lipinski definition) is 3. The summed E-state index contributed by atoms with van der Waals surface area (Å²) in [5.74, 6) is 5.24. The highest BCUT2D eigenvalue weighted by Crippen LogP contribution is 2.27. The molecule has 1 aromatic heterocycles. The molecule has 0 bridgehead atoms. The zero-order valence-electron chi connectivity index (χ0n) is 10.7. The Balaban J connectivity index is 2.32. The van der Waals surface area contributed by atoms with Crippen molar-refractivity contribution in [1.29, 1.82) is 0 Å². The zero-order chi connectivity index (χ0) is 14.0. The van der Waals surface area contributed by atoms with Crippen LogP contribution in [-0.2, 0) is 10.0 Å². The van der Waals surface area contributed by atoms with Crippen molar-refractivity contribution in [1.82, 2.24) is 9.29 Å². The highest BCUT2D eigenvalue weighted by Gasteiger charge is 2.33. The van der Waals surface area contributed by atoms with Crippen LogP contribution in [0.2, 0.25) is 0 Å². The van der Waals surface area contributed by atoms with E-state index < -0.39 is 16.1 Å². The topological polar surface area (TPSA) is 109 Å². The lowest BCUT2D eigenvalue weighted by atomic mass is 9.99. The van der Waals surface area contributed by atoms with Crippen molar-refractivity contribution in [2.24, 2.45) is 11.8 Å². The van der Waals surface area contributed by atoms with Crippen molar-refractivity contribution in [3.05, 3.63) is 18.5 Å². The fourth-order valence-corrected chi connectivity index (χ4v) is 3.81. The molecule has 2 heterocycles. The third kappa shape index (κ3) is 2.71. The van der Waals surface area contributed by atoms with Crippen LogP contribution in [0.5, 0.6) is 0 Å². The number of aliphatic hydroxyl groups is 1. The summed E-state index contributed by atoms with van der Waals surface area (Å²) in [6.07, 6.45) is 2.73. The van der Waals surface area contributed by atoms with Crippen LogP contribution in [0.25, 0.3) is 0 Å². The Kier molecular flexibility index (Phi) is 4.04. The second-order valence-corrected chi connectivity index (χ2v) is 6.62. The lowest BCUT2D eigenvalue weighted by molar-refractivity contribution is 0.0629. The molecule has 2 atom stereocenters. The average molecular weight is 286 g/mol. The van der Waals surface area contributed by atoms with E-state index in [0.717, 1.165) is 0 Å². The minimum atomic E-state index is -3.64. The lowest BCUT2D eigenvalue weighted by Gasteiger charge is -2.33. The number of pyridine rings is 1. The molecule has 2 rings (SSSR count). The third-order valence-corrected chi connectivity index (χ3v) is 5.27. The Morgan fingerprint density at radius 2 is 2.32 bits per heavy atom. The van der Waals surface area contributed by atoms with Crippen LogP contribution in [0.4, 0.5) is 5.69 Å². The first kappa shape index (κ1) is 14.2. The van der Waals surface area contributed by atoms with Gasteiger partial charge in [-0.2, -0.15) is 4.31 Å². The molecule has 1 aliphatic heterocycles. The maximum atomic E-state index is 12.5. The number of sulfonamides is 1. The normalized spacial score (nSPS) is 25.2. The van der Waals surface area contributed by atoms with Gasteiger partial charge < -0.3 is 10.5 Å². The number of nitrogens with two attached hydrogens (primary N) is 1. The van der Waals surface area contributed by atoms with Crippen LogP contribution in [0.3, 0.4) is 0 Å². The average Bonchev–Trinajstić information content (AvgIpc) is 2.41. The Morgan fingerprint density at radius 1 is 1.58 bits per heavy atom. The fourth-order valence-electron chi connectivity index (χ4n) is 2.16. The van der Waals surface area contributed by atoms with Crippen molar-refractivity contribution in [2.75, 3.05) is 18.5 Å². The molecule has 19 heavy (non-hydrogen) atoms. The number of rotatable bonds is 3. The van der Waals surface area contributed by atoms with E-state index in [1.165, 1.54) is 22.8 Å². The highest BCUT2D eigenvalue weighted by molar-refractivity contribution is 7.89. The minimum absolute atomic E-state index is 0.0566. The predicted octanol–water partition coefficient (Wildman–Crippen LogP) is -0.241. The number of anilines is 1. The number of aliphatic hydroxyl groups excluding tert-OH is 1. The van der Waals surface area contributed by atoms with Crippen molar-refractivity contribution >= 4 is 15.7 Å². The molecule has 1 aromatic rings. The third-order valence-electron chi connectivity index (χ3n) is 3.38. The first-order valence-corrected chi connectivity index (χ1v) is 7.49. The van der Waals surface area contributed by atoms with Gasteiger partial charge in [0.1, 0.15) is 4.90 Å². The number of aromatic nitrogens is 1. The van der Waals surface area contributed by atoms with Crippen molar-refractivity contribution in [3.8, 4) is 0 Å². The van der Waals surface area contributed by atoms with Gasteiger partial charge in [0.05, 0.1) is 11.8 Å². The number of hydrogen-bond acceptors (Lipinski definition) is 6. The van der Waals surface area contributed by atoms with E-state index in [4.69, 9.17) is 5.84 Å². The van der Waals surface area contributed by atoms with E-state index in [1.54, 1.807) is 0 Å². The number of piperidine rings is 1. The molecule has 0 aliphatic carbocycles. The number of nitrogens with zero attached hydrogens (tertiary/aromatic N) is 2. The second kappa shape index (κ2) is 5.41. The molecular formula is C11H18N4O3S. The molecule has 0 amide bonds. The van der Waals surface area contributed by atoms with E-state index in [0.29, 0.717) is 25.2 Å². The van der Waals surface area contributed by atoms with Gasteiger partial charge in [-0.1, -0.05) is 6.92 Å². The lowest BCUT2D eigenvalue weighted by Crippen LogP contribution is -2.45. The van der Waals surface area contributed by atoms with Gasteiger partial charge in [0.25, 0.3) is 0 Å². The summed E-state index contributed by atoms with van der Waals surface area (Å²) in [7, 11) is -3.64. The van der Waals surface area contributed by atoms with Crippen molar-refractivity contribution in [2.45, 2.75) is 24.3 Å². The molecule has 2 unspecified atom stereocenters. The quantitative estimate of drug-likeness (QED) is 0.522. The van der Waals surface area contributed by atoms with Crippen LogP contribution < -0.4 is 11.3 Å². The van der Waals surface area contributed by atoms with Gasteiger partial charge in [-0.25, -0.2) is 8.42 Å². The van der Waals surface area contributed by atoms with Crippen molar-refractivity contribution in [3.63, 3.8) is 0 Å². The van der Waals surface area contributed by atoms with Gasteiger partial charge in [0.2, 0.25) is 10.0 Å². The molecule has 1 aliphatic rings. The second-order valence-electron chi connectivity index (χ2n) is 4.71. The Morgan fingerprint density at radius 3 is 2.95 bits per heavy atom. The van der Waals surface area contributed by atoms with E-state index >= 15 is 0 Å². The maximum Gasteiger partial charge on any atom is 0.246 e. The van der Waals surface area contributed by atoms with E-state index in [9.17, 15) is 13.5 Å². The maximum absolute atomic E-state index is 12.5. The first-order chi connectivity index (χ1) is 8.96. The van der Waals surface area contributed by atoms with Crippen LogP contribution in [-0.4, -0.2) is 42.0 Å². The Labute approximate surface area is 112 Å². The van der Waals surface area contributed by atoms with Gasteiger partial charge in [-0.05, 0) is 18.4 Å². The van der Waals surface area contributed by atoms with Crippen LogP contribution >= 0.6 is 0 Å². The van der Waals surface area contributed by atoms with Crippen LogP contribution in [0.1, 0.15) is 13.3 Å². The number of nitrogen functional groups attached to an aromatic ring is 1. The number of nitrogens with one attached hydrogen (secondary N) is 1.